The van der Waals surface area contributed by atoms with Crippen molar-refractivity contribution in [1.29, 1.82) is 0 Å². The molecule has 0 saturated carbocycles. The summed E-state index contributed by atoms with van der Waals surface area (Å²) < 4.78 is 6.50. The molecule has 0 aliphatic carbocycles. The second kappa shape index (κ2) is 6.98. The molecule has 3 aromatic heterocycles. The van der Waals surface area contributed by atoms with Crippen molar-refractivity contribution >= 4 is 66.7 Å². The summed E-state index contributed by atoms with van der Waals surface area (Å²) in [4.78, 5) is 0. The van der Waals surface area contributed by atoms with Crippen molar-refractivity contribution in [2.75, 3.05) is 0 Å². The van der Waals surface area contributed by atoms with Gasteiger partial charge < -0.3 is 0 Å². The van der Waals surface area contributed by atoms with Gasteiger partial charge in [-0.1, -0.05) is 0 Å². The van der Waals surface area contributed by atoms with Crippen LogP contribution in [0, 0.1) is 12.3 Å². The Labute approximate surface area is 204 Å². The summed E-state index contributed by atoms with van der Waals surface area (Å²) in [5.74, 6) is 7.51. The zero-order valence-corrected chi connectivity index (χ0v) is 23.9. The Morgan fingerprint density at radius 3 is 2.29 bits per heavy atom. The van der Waals surface area contributed by atoms with Crippen molar-refractivity contribution < 1.29 is 4.57 Å². The molecule has 3 heterocycles. The Morgan fingerprint density at radius 2 is 1.59 bits per heavy atom. The van der Waals surface area contributed by atoms with Gasteiger partial charge in [-0.3, -0.25) is 0 Å². The van der Waals surface area contributed by atoms with E-state index in [1.165, 1.54) is 60.1 Å². The van der Waals surface area contributed by atoms with Crippen LogP contribution in [0.25, 0.3) is 49.0 Å². The molecule has 172 valence electrons. The maximum atomic E-state index is 2.60. The standard InChI is InChI=1S/C31H35GeN2/c1-19-9-11-24-23-12-10-20(18-31(2,3)4)15-25(23)34-26-17-22(32(5,6)7)16-21-13-14-33(8)30(28(21)26)27(19)29(24)34/h9-17H,18H2,1-8H3/q+1. The van der Waals surface area contributed by atoms with Crippen molar-refractivity contribution in [2.24, 2.45) is 12.5 Å². The second-order valence-corrected chi connectivity index (χ2v) is 23.2. The van der Waals surface area contributed by atoms with E-state index >= 15 is 0 Å². The molecule has 0 aliphatic rings. The molecular formula is C31H35GeN2+. The van der Waals surface area contributed by atoms with E-state index in [0.29, 0.717) is 0 Å². The number of hydrogen-bond donors (Lipinski definition) is 0. The van der Waals surface area contributed by atoms with Gasteiger partial charge in [-0.15, -0.1) is 0 Å². The van der Waals surface area contributed by atoms with E-state index in [1.807, 2.05) is 0 Å². The van der Waals surface area contributed by atoms with E-state index in [1.54, 1.807) is 4.40 Å². The summed E-state index contributed by atoms with van der Waals surface area (Å²) in [6.07, 6.45) is 3.33. The fourth-order valence-electron chi connectivity index (χ4n) is 5.92. The molecule has 0 radical (unpaired) electrons. The number of hydrogen-bond acceptors (Lipinski definition) is 0. The van der Waals surface area contributed by atoms with Crippen LogP contribution in [-0.4, -0.2) is 17.7 Å². The zero-order valence-electron chi connectivity index (χ0n) is 21.8. The van der Waals surface area contributed by atoms with Gasteiger partial charge in [-0.25, -0.2) is 0 Å². The van der Waals surface area contributed by atoms with Crippen LogP contribution in [0.4, 0.5) is 0 Å². The first kappa shape index (κ1) is 21.9. The number of benzene rings is 3. The fraction of sp³-hybridized carbons (Fsp3) is 0.323. The molecule has 0 bridgehead atoms. The van der Waals surface area contributed by atoms with Gasteiger partial charge >= 0.3 is 205 Å². The van der Waals surface area contributed by atoms with Crippen LogP contribution in [0.2, 0.25) is 17.3 Å². The molecule has 0 N–H and O–H groups in total. The SMILES string of the molecule is Cc1ccc2c3ccc(CC(C)(C)C)cc3n3c4c[c]([Ge]([CH3])([CH3])[CH3])cc5cc[n+](C)c(c1c23)c54. The monoisotopic (exact) mass is 509 g/mol. The molecule has 0 atom stereocenters. The Kier molecular flexibility index (Phi) is 4.50. The summed E-state index contributed by atoms with van der Waals surface area (Å²) >= 11 is -2.05. The first-order valence-electron chi connectivity index (χ1n) is 12.5. The predicted octanol–water partition coefficient (Wildman–Crippen LogP) is 7.26. The molecule has 3 heteroatoms. The van der Waals surface area contributed by atoms with E-state index in [-0.39, 0.29) is 5.41 Å². The molecule has 0 saturated heterocycles. The quantitative estimate of drug-likeness (QED) is 0.101. The molecule has 0 amide bonds. The third-order valence-electron chi connectivity index (χ3n) is 7.50. The fourth-order valence-corrected chi connectivity index (χ4v) is 8.35. The van der Waals surface area contributed by atoms with E-state index in [4.69, 9.17) is 0 Å². The topological polar surface area (TPSA) is 8.29 Å². The Morgan fingerprint density at radius 1 is 0.853 bits per heavy atom. The van der Waals surface area contributed by atoms with E-state index < -0.39 is 13.3 Å². The summed E-state index contributed by atoms with van der Waals surface area (Å²) in [5, 5.41) is 6.87. The maximum absolute atomic E-state index is 2.60. The molecule has 6 rings (SSSR count). The Balaban J connectivity index is 1.93. The van der Waals surface area contributed by atoms with Gasteiger partial charge in [0, 0.05) is 0 Å². The Hall–Kier alpha value is -2.59. The van der Waals surface area contributed by atoms with Gasteiger partial charge in [0.2, 0.25) is 0 Å². The van der Waals surface area contributed by atoms with Crippen LogP contribution in [0.15, 0.2) is 54.7 Å². The number of aromatic nitrogens is 2. The van der Waals surface area contributed by atoms with Crippen LogP contribution in [-0.2, 0) is 13.5 Å². The summed E-state index contributed by atoms with van der Waals surface area (Å²) in [7, 11) is 2.20. The normalized spacial score (nSPS) is 13.4. The molecule has 0 fully saturated rings. The van der Waals surface area contributed by atoms with Crippen LogP contribution in [0.5, 0.6) is 0 Å². The third-order valence-corrected chi connectivity index (χ3v) is 11.7. The van der Waals surface area contributed by atoms with Gasteiger partial charge in [0.05, 0.1) is 0 Å². The summed E-state index contributed by atoms with van der Waals surface area (Å²) in [5.41, 5.74) is 8.47. The molecule has 34 heavy (non-hydrogen) atoms. The molecule has 6 aromatic rings. The van der Waals surface area contributed by atoms with Crippen molar-refractivity contribution in [3.63, 3.8) is 0 Å². The summed E-state index contributed by atoms with van der Waals surface area (Å²) in [6, 6.07) is 19.2. The number of pyridine rings is 2. The second-order valence-electron chi connectivity index (χ2n) is 12.6. The minimum atomic E-state index is -2.05. The third kappa shape index (κ3) is 3.11. The summed E-state index contributed by atoms with van der Waals surface area (Å²) in [6.45, 7) is 9.26. The van der Waals surface area contributed by atoms with E-state index in [2.05, 4.69) is 116 Å². The van der Waals surface area contributed by atoms with E-state index in [9.17, 15) is 0 Å². The zero-order chi connectivity index (χ0) is 24.2. The molecule has 0 spiro atoms. The molecule has 3 aromatic carbocycles. The number of aryl methyl sites for hydroxylation is 2. The van der Waals surface area contributed by atoms with Crippen LogP contribution < -0.4 is 8.96 Å². The predicted molar refractivity (Wildman–Crippen MR) is 151 cm³/mol. The van der Waals surface area contributed by atoms with Crippen molar-refractivity contribution in [1.82, 2.24) is 4.40 Å². The number of rotatable bonds is 2. The van der Waals surface area contributed by atoms with Crippen LogP contribution in [0.3, 0.4) is 0 Å². The van der Waals surface area contributed by atoms with Crippen LogP contribution >= 0.6 is 0 Å². The minimum absolute atomic E-state index is 0.261. The van der Waals surface area contributed by atoms with Gasteiger partial charge in [0.15, 0.2) is 0 Å². The molecule has 0 aliphatic heterocycles. The molecular weight excluding hydrogens is 473 g/mol. The number of fused-ring (bicyclic) bond motifs is 5. The average molecular weight is 508 g/mol. The van der Waals surface area contributed by atoms with Gasteiger partial charge in [0.25, 0.3) is 0 Å². The van der Waals surface area contributed by atoms with Crippen molar-refractivity contribution in [3.05, 3.63) is 65.9 Å². The Bertz CT molecular complexity index is 1760. The molecule has 2 nitrogen and oxygen atoms in total. The van der Waals surface area contributed by atoms with Gasteiger partial charge in [0.1, 0.15) is 0 Å². The van der Waals surface area contributed by atoms with E-state index in [0.717, 1.165) is 6.42 Å². The van der Waals surface area contributed by atoms with Crippen molar-refractivity contribution in [3.8, 4) is 0 Å². The average Bonchev–Trinajstić information content (AvgIpc) is 3.06. The first-order chi connectivity index (χ1) is 15.9. The van der Waals surface area contributed by atoms with Crippen molar-refractivity contribution in [2.45, 2.75) is 51.4 Å². The first-order valence-corrected chi connectivity index (χ1v) is 19.8. The van der Waals surface area contributed by atoms with Crippen LogP contribution in [0.1, 0.15) is 31.9 Å². The van der Waals surface area contributed by atoms with Gasteiger partial charge in [-0.2, -0.15) is 0 Å². The number of nitrogens with zero attached hydrogens (tertiary/aromatic N) is 2. The van der Waals surface area contributed by atoms with Gasteiger partial charge in [-0.05, 0) is 0 Å². The molecule has 0 unspecified atom stereocenters.